The molecule has 3 aliphatic carbocycles. The number of carboxylic acid groups (broad SMARTS) is 2. The number of hydrogen-bond acceptors (Lipinski definition) is 5. The Bertz CT molecular complexity index is 513. The van der Waals surface area contributed by atoms with Gasteiger partial charge in [0.05, 0.1) is 18.6 Å². The van der Waals surface area contributed by atoms with Crippen molar-refractivity contribution >= 4 is 17.7 Å². The normalized spacial score (nSPS) is 26.8. The molecule has 2 bridgehead atoms. The van der Waals surface area contributed by atoms with E-state index < -0.39 is 22.8 Å². The summed E-state index contributed by atoms with van der Waals surface area (Å²) in [7, 11) is 0. The van der Waals surface area contributed by atoms with Crippen molar-refractivity contribution in [1.29, 1.82) is 0 Å². The second-order valence-corrected chi connectivity index (χ2v) is 6.83. The number of hydrogen-bond donors (Lipinski definition) is 4. The minimum absolute atomic E-state index is 0.0349. The molecule has 24 heavy (non-hydrogen) atoms. The van der Waals surface area contributed by atoms with Gasteiger partial charge in [0, 0.05) is 19.3 Å². The van der Waals surface area contributed by atoms with Gasteiger partial charge in [-0.2, -0.15) is 0 Å². The Morgan fingerprint density at radius 2 is 1.46 bits per heavy atom. The minimum atomic E-state index is -0.833. The quantitative estimate of drug-likeness (QED) is 0.558. The van der Waals surface area contributed by atoms with E-state index in [1.54, 1.807) is 0 Å². The summed E-state index contributed by atoms with van der Waals surface area (Å²) >= 11 is 0. The van der Waals surface area contributed by atoms with Gasteiger partial charge in [0.25, 0.3) is 11.9 Å². The zero-order valence-electron chi connectivity index (χ0n) is 14.9. The zero-order valence-corrected chi connectivity index (χ0v) is 14.9. The van der Waals surface area contributed by atoms with Crippen LogP contribution < -0.4 is 0 Å². The highest BCUT2D eigenvalue weighted by Gasteiger charge is 2.57. The Labute approximate surface area is 142 Å². The molecule has 0 aromatic heterocycles. The molecule has 4 N–H and O–H groups in total. The highest BCUT2D eigenvalue weighted by atomic mass is 16.4. The molecule has 0 amide bonds. The lowest BCUT2D eigenvalue weighted by molar-refractivity contribution is -0.144. The molecule has 2 unspecified atom stereocenters. The van der Waals surface area contributed by atoms with Crippen LogP contribution in [0.4, 0.5) is 0 Å². The lowest BCUT2D eigenvalue weighted by Gasteiger charge is -2.53. The third-order valence-electron chi connectivity index (χ3n) is 4.69. The number of ketones is 1. The number of aliphatic hydroxyl groups excluding tert-OH is 2. The van der Waals surface area contributed by atoms with Crippen LogP contribution in [-0.4, -0.2) is 51.4 Å². The first kappa shape index (κ1) is 22.3. The summed E-state index contributed by atoms with van der Waals surface area (Å²) in [5.41, 5.74) is 0.728. The van der Waals surface area contributed by atoms with E-state index in [9.17, 15) is 15.0 Å². The molecule has 3 rings (SSSR count). The maximum Gasteiger partial charge on any atom is 0.300 e. The average molecular weight is 344 g/mol. The van der Waals surface area contributed by atoms with Crippen LogP contribution in [0.3, 0.4) is 0 Å². The van der Waals surface area contributed by atoms with Crippen LogP contribution in [0.25, 0.3) is 0 Å². The van der Waals surface area contributed by atoms with Gasteiger partial charge < -0.3 is 20.4 Å². The second kappa shape index (κ2) is 8.39. The number of rotatable bonds is 2. The Morgan fingerprint density at radius 1 is 1.04 bits per heavy atom. The van der Waals surface area contributed by atoms with Gasteiger partial charge in [0.15, 0.2) is 0 Å². The summed E-state index contributed by atoms with van der Waals surface area (Å²) in [4.78, 5) is 30.4. The van der Waals surface area contributed by atoms with E-state index in [0.29, 0.717) is 0 Å². The van der Waals surface area contributed by atoms with Gasteiger partial charge in [0.1, 0.15) is 5.78 Å². The predicted molar refractivity (Wildman–Crippen MR) is 87.4 cm³/mol. The number of fused-ring (bicyclic) bond motifs is 2. The van der Waals surface area contributed by atoms with Crippen molar-refractivity contribution in [1.82, 2.24) is 0 Å². The van der Waals surface area contributed by atoms with E-state index >= 15 is 0 Å². The Hall–Kier alpha value is -1.73. The van der Waals surface area contributed by atoms with Gasteiger partial charge in [-0.3, -0.25) is 14.4 Å². The van der Waals surface area contributed by atoms with Gasteiger partial charge in [0.2, 0.25) is 0 Å². The highest BCUT2D eigenvalue weighted by molar-refractivity contribution is 5.95. The van der Waals surface area contributed by atoms with Crippen molar-refractivity contribution in [2.75, 3.05) is 13.2 Å². The van der Waals surface area contributed by atoms with Crippen LogP contribution in [-0.2, 0) is 14.4 Å². The largest absolute Gasteiger partial charge is 0.481 e. The summed E-state index contributed by atoms with van der Waals surface area (Å²) in [5, 5.41) is 33.7. The molecule has 0 aromatic carbocycles. The number of aliphatic carboxylic acids is 2. The molecule has 3 aliphatic rings. The second-order valence-electron chi connectivity index (χ2n) is 6.83. The molecule has 0 aromatic rings. The number of aliphatic hydroxyl groups is 2. The van der Waals surface area contributed by atoms with E-state index in [0.717, 1.165) is 37.8 Å². The van der Waals surface area contributed by atoms with Crippen LogP contribution >= 0.6 is 0 Å². The third kappa shape index (κ3) is 4.64. The first-order valence-electron chi connectivity index (χ1n) is 7.74. The molecule has 0 radical (unpaired) electrons. The number of Topliss-reactive ketones (excluding diaryl/α,β-unsaturated/α-hetero) is 1. The van der Waals surface area contributed by atoms with Crippen molar-refractivity contribution in [3.05, 3.63) is 11.1 Å². The van der Waals surface area contributed by atoms with Gasteiger partial charge in [-0.25, -0.2) is 0 Å². The van der Waals surface area contributed by atoms with E-state index in [-0.39, 0.29) is 24.9 Å². The first-order chi connectivity index (χ1) is 10.9. The van der Waals surface area contributed by atoms with Gasteiger partial charge in [-0.15, -0.1) is 0 Å². The van der Waals surface area contributed by atoms with Crippen LogP contribution in [0.1, 0.15) is 47.5 Å². The lowest BCUT2D eigenvalue weighted by Crippen LogP contribution is -2.55. The van der Waals surface area contributed by atoms with Crippen LogP contribution in [0, 0.1) is 16.7 Å². The number of carbonyl (C=O) groups is 3. The summed E-state index contributed by atoms with van der Waals surface area (Å²) in [6, 6.07) is 0. The SMILES string of the molecule is CC(=O)O.CC(=O)O.CC12CCC(C(CO)=C1CO)C(C)(C)C2=O. The van der Waals surface area contributed by atoms with Crippen molar-refractivity contribution in [3.63, 3.8) is 0 Å². The highest BCUT2D eigenvalue weighted by Crippen LogP contribution is 2.58. The van der Waals surface area contributed by atoms with Crippen LogP contribution in [0.15, 0.2) is 11.1 Å². The fourth-order valence-corrected chi connectivity index (χ4v) is 3.72. The smallest absolute Gasteiger partial charge is 0.300 e. The van der Waals surface area contributed by atoms with E-state index in [1.807, 2.05) is 20.8 Å². The summed E-state index contributed by atoms with van der Waals surface area (Å²) in [6.07, 6.45) is 1.74. The van der Waals surface area contributed by atoms with E-state index in [1.165, 1.54) is 0 Å². The molecular formula is C17H28O7. The van der Waals surface area contributed by atoms with E-state index in [2.05, 4.69) is 0 Å². The Morgan fingerprint density at radius 3 is 1.79 bits per heavy atom. The lowest BCUT2D eigenvalue weighted by atomic mass is 9.49. The molecule has 138 valence electrons. The van der Waals surface area contributed by atoms with E-state index in [4.69, 9.17) is 19.8 Å². The maximum absolute atomic E-state index is 12.4. The van der Waals surface area contributed by atoms with Gasteiger partial charge in [-0.1, -0.05) is 13.8 Å². The standard InChI is InChI=1S/C13H20O3.2C2H4O2/c1-12(2)9-4-5-13(3,11(12)16)10(7-15)8(9)6-14;2*1-2(3)4/h9,14-15H,4-7H2,1-3H3;2*1H3,(H,3,4). The maximum atomic E-state index is 12.4. The summed E-state index contributed by atoms with van der Waals surface area (Å²) in [6.45, 7) is 7.85. The molecule has 0 saturated heterocycles. The summed E-state index contributed by atoms with van der Waals surface area (Å²) < 4.78 is 0. The Balaban J connectivity index is 0.000000558. The van der Waals surface area contributed by atoms with Gasteiger partial charge >= 0.3 is 0 Å². The molecule has 2 atom stereocenters. The number of carboxylic acids is 2. The van der Waals surface area contributed by atoms with Gasteiger partial charge in [-0.05, 0) is 36.8 Å². The monoisotopic (exact) mass is 344 g/mol. The molecular weight excluding hydrogens is 316 g/mol. The Kier molecular flexibility index (Phi) is 7.79. The average Bonchev–Trinajstić information content (AvgIpc) is 2.42. The molecule has 0 aliphatic heterocycles. The van der Waals surface area contributed by atoms with Crippen LogP contribution in [0.5, 0.6) is 0 Å². The third-order valence-corrected chi connectivity index (χ3v) is 4.69. The van der Waals surface area contributed by atoms with Crippen molar-refractivity contribution in [2.45, 2.75) is 47.5 Å². The van der Waals surface area contributed by atoms with Crippen molar-refractivity contribution < 1.29 is 34.8 Å². The topological polar surface area (TPSA) is 132 Å². The minimum Gasteiger partial charge on any atom is -0.481 e. The summed E-state index contributed by atoms with van der Waals surface area (Å²) in [5.74, 6) is -1.34. The molecule has 7 nitrogen and oxygen atoms in total. The molecule has 0 spiro atoms. The van der Waals surface area contributed by atoms with Crippen molar-refractivity contribution in [3.8, 4) is 0 Å². The molecule has 0 heterocycles. The first-order valence-corrected chi connectivity index (χ1v) is 7.74. The van der Waals surface area contributed by atoms with Crippen LogP contribution in [0.2, 0.25) is 0 Å². The van der Waals surface area contributed by atoms with Crippen molar-refractivity contribution in [2.24, 2.45) is 16.7 Å². The molecule has 1 saturated carbocycles. The molecule has 1 fully saturated rings. The number of carbonyl (C=O) groups excluding carboxylic acids is 1. The zero-order chi connectivity index (χ0) is 19.3. The predicted octanol–water partition coefficient (Wildman–Crippen LogP) is 1.47. The fourth-order valence-electron chi connectivity index (χ4n) is 3.72. The molecule has 7 heteroatoms. The fraction of sp³-hybridized carbons (Fsp3) is 0.706.